The summed E-state index contributed by atoms with van der Waals surface area (Å²) in [6.45, 7) is 12.0. The molecule has 1 unspecified atom stereocenters. The van der Waals surface area contributed by atoms with Gasteiger partial charge in [-0.1, -0.05) is 20.3 Å². The third-order valence-electron chi connectivity index (χ3n) is 3.87. The lowest BCUT2D eigenvalue weighted by atomic mass is 10.2. The number of aryl methyl sites for hydroxylation is 1. The molecule has 0 amide bonds. The Balaban J connectivity index is 2.14. The van der Waals surface area contributed by atoms with Crippen LogP contribution in [0.25, 0.3) is 0 Å². The summed E-state index contributed by atoms with van der Waals surface area (Å²) in [5, 5.41) is 4.67. The molecule has 1 aliphatic heterocycles. The number of aromatic nitrogens is 1. The van der Waals surface area contributed by atoms with Gasteiger partial charge in [0, 0.05) is 37.1 Å². The molecule has 114 valence electrons. The van der Waals surface area contributed by atoms with E-state index in [0.717, 1.165) is 39.1 Å². The molecule has 1 aromatic heterocycles. The van der Waals surface area contributed by atoms with Gasteiger partial charge in [0.15, 0.2) is 5.13 Å². The van der Waals surface area contributed by atoms with E-state index in [1.807, 2.05) is 11.3 Å². The van der Waals surface area contributed by atoms with E-state index in [4.69, 9.17) is 4.98 Å². The first-order chi connectivity index (χ1) is 9.65. The van der Waals surface area contributed by atoms with Gasteiger partial charge in [0.1, 0.15) is 0 Å². The van der Waals surface area contributed by atoms with Crippen molar-refractivity contribution >= 4 is 16.5 Å². The molecule has 0 spiro atoms. The monoisotopic (exact) mass is 296 g/mol. The van der Waals surface area contributed by atoms with Crippen molar-refractivity contribution < 1.29 is 0 Å². The molecule has 0 bridgehead atoms. The third-order valence-corrected chi connectivity index (χ3v) is 5.00. The summed E-state index contributed by atoms with van der Waals surface area (Å²) in [5.74, 6) is 0. The van der Waals surface area contributed by atoms with Crippen LogP contribution in [0.5, 0.6) is 0 Å². The highest BCUT2D eigenvalue weighted by atomic mass is 32.1. The summed E-state index contributed by atoms with van der Waals surface area (Å²) in [6, 6.07) is 0.557. The molecule has 1 saturated heterocycles. The molecule has 5 heteroatoms. The first-order valence-corrected chi connectivity index (χ1v) is 8.61. The molecular weight excluding hydrogens is 268 g/mol. The quantitative estimate of drug-likeness (QED) is 0.873. The van der Waals surface area contributed by atoms with Crippen LogP contribution in [0.15, 0.2) is 0 Å². The Morgan fingerprint density at radius 3 is 2.80 bits per heavy atom. The SMILES string of the molecule is CCCc1nc(N2CCN(C)CC2C)sc1CNCC. The van der Waals surface area contributed by atoms with Crippen LogP contribution in [0.2, 0.25) is 0 Å². The van der Waals surface area contributed by atoms with Gasteiger partial charge >= 0.3 is 0 Å². The molecule has 2 heterocycles. The fraction of sp³-hybridized carbons (Fsp3) is 0.800. The van der Waals surface area contributed by atoms with Crippen LogP contribution < -0.4 is 10.2 Å². The Kier molecular flexibility index (Phi) is 5.81. The molecule has 1 aromatic rings. The summed E-state index contributed by atoms with van der Waals surface area (Å²) < 4.78 is 0. The number of thiazole rings is 1. The van der Waals surface area contributed by atoms with Gasteiger partial charge in [0.2, 0.25) is 0 Å². The Morgan fingerprint density at radius 1 is 1.35 bits per heavy atom. The lowest BCUT2D eigenvalue weighted by Crippen LogP contribution is -2.50. The van der Waals surface area contributed by atoms with Gasteiger partial charge in [-0.15, -0.1) is 11.3 Å². The Bertz CT molecular complexity index is 418. The molecule has 0 aliphatic carbocycles. The number of piperazine rings is 1. The Labute approximate surface area is 127 Å². The number of hydrogen-bond donors (Lipinski definition) is 1. The molecule has 1 fully saturated rings. The van der Waals surface area contributed by atoms with Crippen LogP contribution in [0, 0.1) is 0 Å². The highest BCUT2D eigenvalue weighted by molar-refractivity contribution is 7.15. The maximum atomic E-state index is 4.94. The van der Waals surface area contributed by atoms with Crippen molar-refractivity contribution in [1.82, 2.24) is 15.2 Å². The molecule has 1 aliphatic rings. The molecule has 2 rings (SSSR count). The molecular formula is C15H28N4S. The molecule has 20 heavy (non-hydrogen) atoms. The van der Waals surface area contributed by atoms with E-state index in [-0.39, 0.29) is 0 Å². The fourth-order valence-corrected chi connectivity index (χ4v) is 3.93. The van der Waals surface area contributed by atoms with Gasteiger partial charge in [-0.2, -0.15) is 0 Å². The third kappa shape index (κ3) is 3.71. The van der Waals surface area contributed by atoms with Crippen molar-refractivity contribution in [2.75, 3.05) is 38.1 Å². The molecule has 0 radical (unpaired) electrons. The van der Waals surface area contributed by atoms with Gasteiger partial charge in [0.05, 0.1) is 5.69 Å². The zero-order valence-corrected chi connectivity index (χ0v) is 14.1. The van der Waals surface area contributed by atoms with E-state index in [1.54, 1.807) is 0 Å². The van der Waals surface area contributed by atoms with Crippen molar-refractivity contribution in [3.63, 3.8) is 0 Å². The molecule has 0 saturated carbocycles. The van der Waals surface area contributed by atoms with Crippen molar-refractivity contribution in [1.29, 1.82) is 0 Å². The highest BCUT2D eigenvalue weighted by Gasteiger charge is 2.25. The lowest BCUT2D eigenvalue weighted by Gasteiger charge is -2.38. The Hall–Kier alpha value is -0.650. The lowest BCUT2D eigenvalue weighted by molar-refractivity contribution is 0.275. The van der Waals surface area contributed by atoms with E-state index in [0.29, 0.717) is 6.04 Å². The van der Waals surface area contributed by atoms with E-state index < -0.39 is 0 Å². The largest absolute Gasteiger partial charge is 0.343 e. The zero-order chi connectivity index (χ0) is 14.5. The predicted octanol–water partition coefficient (Wildman–Crippen LogP) is 2.35. The second-order valence-corrected chi connectivity index (χ2v) is 6.76. The van der Waals surface area contributed by atoms with E-state index in [1.165, 1.54) is 22.1 Å². The molecule has 4 nitrogen and oxygen atoms in total. The normalized spacial score (nSPS) is 20.6. The predicted molar refractivity (Wildman–Crippen MR) is 87.8 cm³/mol. The number of likely N-dealkylation sites (N-methyl/N-ethyl adjacent to an activating group) is 1. The van der Waals surface area contributed by atoms with Gasteiger partial charge in [-0.3, -0.25) is 0 Å². The molecule has 1 atom stereocenters. The summed E-state index contributed by atoms with van der Waals surface area (Å²) >= 11 is 1.88. The van der Waals surface area contributed by atoms with Crippen LogP contribution in [-0.4, -0.2) is 49.2 Å². The minimum absolute atomic E-state index is 0.557. The standard InChI is InChI=1S/C15H28N4S/c1-5-7-13-14(10-16-6-2)20-15(17-13)19-9-8-18(4)11-12(19)3/h12,16H,5-11H2,1-4H3. The minimum Gasteiger partial charge on any atom is -0.343 e. The smallest absolute Gasteiger partial charge is 0.186 e. The highest BCUT2D eigenvalue weighted by Crippen LogP contribution is 2.29. The second-order valence-electron chi connectivity index (χ2n) is 5.70. The average molecular weight is 296 g/mol. The van der Waals surface area contributed by atoms with Gasteiger partial charge in [-0.05, 0) is 26.9 Å². The number of nitrogens with one attached hydrogen (secondary N) is 1. The van der Waals surface area contributed by atoms with Crippen molar-refractivity contribution in [2.45, 2.75) is 46.2 Å². The van der Waals surface area contributed by atoms with Crippen LogP contribution in [-0.2, 0) is 13.0 Å². The van der Waals surface area contributed by atoms with Crippen LogP contribution in [0.1, 0.15) is 37.8 Å². The van der Waals surface area contributed by atoms with Gasteiger partial charge in [0.25, 0.3) is 0 Å². The first-order valence-electron chi connectivity index (χ1n) is 7.80. The molecule has 0 aromatic carbocycles. The van der Waals surface area contributed by atoms with E-state index in [9.17, 15) is 0 Å². The summed E-state index contributed by atoms with van der Waals surface area (Å²) in [4.78, 5) is 11.3. The molecule has 1 N–H and O–H groups in total. The van der Waals surface area contributed by atoms with Gasteiger partial charge in [-0.25, -0.2) is 4.98 Å². The maximum Gasteiger partial charge on any atom is 0.186 e. The van der Waals surface area contributed by atoms with E-state index >= 15 is 0 Å². The minimum atomic E-state index is 0.557. The van der Waals surface area contributed by atoms with E-state index in [2.05, 4.69) is 42.9 Å². The van der Waals surface area contributed by atoms with Crippen LogP contribution >= 0.6 is 11.3 Å². The van der Waals surface area contributed by atoms with Crippen molar-refractivity contribution in [2.24, 2.45) is 0 Å². The van der Waals surface area contributed by atoms with Gasteiger partial charge < -0.3 is 15.1 Å². The first kappa shape index (κ1) is 15.7. The Morgan fingerprint density at radius 2 is 2.15 bits per heavy atom. The van der Waals surface area contributed by atoms with Crippen LogP contribution in [0.3, 0.4) is 0 Å². The maximum absolute atomic E-state index is 4.94. The summed E-state index contributed by atoms with van der Waals surface area (Å²) in [6.07, 6.45) is 2.26. The zero-order valence-electron chi connectivity index (χ0n) is 13.3. The average Bonchev–Trinajstić information content (AvgIpc) is 2.80. The number of rotatable bonds is 6. The number of anilines is 1. The number of hydrogen-bond acceptors (Lipinski definition) is 5. The van der Waals surface area contributed by atoms with Crippen molar-refractivity contribution in [3.05, 3.63) is 10.6 Å². The topological polar surface area (TPSA) is 31.4 Å². The number of nitrogens with zero attached hydrogens (tertiary/aromatic N) is 3. The fourth-order valence-electron chi connectivity index (χ4n) is 2.73. The van der Waals surface area contributed by atoms with Crippen LogP contribution in [0.4, 0.5) is 5.13 Å². The second kappa shape index (κ2) is 7.38. The summed E-state index contributed by atoms with van der Waals surface area (Å²) in [7, 11) is 2.20. The summed E-state index contributed by atoms with van der Waals surface area (Å²) in [5.41, 5.74) is 1.31. The van der Waals surface area contributed by atoms with Crippen molar-refractivity contribution in [3.8, 4) is 0 Å².